The highest BCUT2D eigenvalue weighted by Gasteiger charge is 2.15. The van der Waals surface area contributed by atoms with Gasteiger partial charge in [-0.15, -0.1) is 11.3 Å². The van der Waals surface area contributed by atoms with Crippen molar-refractivity contribution in [2.75, 3.05) is 20.3 Å². The zero-order valence-corrected chi connectivity index (χ0v) is 12.5. The highest BCUT2D eigenvalue weighted by atomic mass is 79.9. The minimum absolute atomic E-state index is 0.123. The Labute approximate surface area is 119 Å². The van der Waals surface area contributed by atoms with Crippen LogP contribution < -0.4 is 5.32 Å². The molecular weight excluding hydrogens is 312 g/mol. The number of thiazole rings is 1. The Kier molecular flexibility index (Phi) is 5.31. The summed E-state index contributed by atoms with van der Waals surface area (Å²) in [6, 6.07) is 8.41. The van der Waals surface area contributed by atoms with Gasteiger partial charge in [0.25, 0.3) is 0 Å². The molecule has 0 saturated carbocycles. The molecule has 1 atom stereocenters. The first kappa shape index (κ1) is 13.7. The normalized spacial score (nSPS) is 12.6. The van der Waals surface area contributed by atoms with Gasteiger partial charge in [-0.05, 0) is 17.7 Å². The van der Waals surface area contributed by atoms with E-state index in [4.69, 9.17) is 4.74 Å². The molecule has 1 aromatic heterocycles. The predicted molar refractivity (Wildman–Crippen MR) is 78.0 cm³/mol. The van der Waals surface area contributed by atoms with Gasteiger partial charge >= 0.3 is 0 Å². The summed E-state index contributed by atoms with van der Waals surface area (Å²) >= 11 is 5.17. The van der Waals surface area contributed by atoms with Crippen LogP contribution in [0.15, 0.2) is 40.3 Å². The lowest BCUT2D eigenvalue weighted by Crippen LogP contribution is -2.25. The van der Waals surface area contributed by atoms with Crippen LogP contribution in [0.2, 0.25) is 0 Å². The molecule has 0 amide bonds. The SMILES string of the molecule is COCCNC(c1cccc(Br)c1)c1nccs1. The van der Waals surface area contributed by atoms with Crippen molar-refractivity contribution in [1.29, 1.82) is 0 Å². The van der Waals surface area contributed by atoms with E-state index in [9.17, 15) is 0 Å². The largest absolute Gasteiger partial charge is 0.383 e. The van der Waals surface area contributed by atoms with Crippen molar-refractivity contribution in [2.24, 2.45) is 0 Å². The summed E-state index contributed by atoms with van der Waals surface area (Å²) in [7, 11) is 1.71. The Bertz CT molecular complexity index is 476. The van der Waals surface area contributed by atoms with Crippen LogP contribution >= 0.6 is 27.3 Å². The van der Waals surface area contributed by atoms with Gasteiger partial charge in [0.1, 0.15) is 5.01 Å². The van der Waals surface area contributed by atoms with Crippen LogP contribution in [0.4, 0.5) is 0 Å². The first-order valence-corrected chi connectivity index (χ1v) is 7.35. The van der Waals surface area contributed by atoms with Gasteiger partial charge in [0.15, 0.2) is 0 Å². The topological polar surface area (TPSA) is 34.1 Å². The highest BCUT2D eigenvalue weighted by Crippen LogP contribution is 2.25. The average Bonchev–Trinajstić information content (AvgIpc) is 2.88. The van der Waals surface area contributed by atoms with E-state index >= 15 is 0 Å². The van der Waals surface area contributed by atoms with E-state index in [0.717, 1.165) is 16.0 Å². The Hall–Kier alpha value is -0.750. The fraction of sp³-hybridized carbons (Fsp3) is 0.308. The highest BCUT2D eigenvalue weighted by molar-refractivity contribution is 9.10. The molecule has 0 saturated heterocycles. The number of rotatable bonds is 6. The first-order valence-electron chi connectivity index (χ1n) is 5.68. The molecule has 1 N–H and O–H groups in total. The number of nitrogens with one attached hydrogen (secondary N) is 1. The monoisotopic (exact) mass is 326 g/mol. The molecule has 18 heavy (non-hydrogen) atoms. The number of halogens is 1. The predicted octanol–water partition coefficient (Wildman–Crippen LogP) is 3.23. The van der Waals surface area contributed by atoms with Crippen LogP contribution in [0.1, 0.15) is 16.6 Å². The van der Waals surface area contributed by atoms with Crippen LogP contribution in [0.5, 0.6) is 0 Å². The number of nitrogens with zero attached hydrogens (tertiary/aromatic N) is 1. The molecule has 0 fully saturated rings. The third-order valence-corrected chi connectivity index (χ3v) is 3.87. The molecule has 0 aliphatic carbocycles. The molecule has 1 unspecified atom stereocenters. The maximum Gasteiger partial charge on any atom is 0.114 e. The first-order chi connectivity index (χ1) is 8.81. The van der Waals surface area contributed by atoms with Gasteiger partial charge in [0.05, 0.1) is 12.6 Å². The van der Waals surface area contributed by atoms with Crippen molar-refractivity contribution in [3.05, 3.63) is 50.9 Å². The van der Waals surface area contributed by atoms with E-state index in [1.165, 1.54) is 5.56 Å². The van der Waals surface area contributed by atoms with Crippen molar-refractivity contribution in [3.63, 3.8) is 0 Å². The summed E-state index contributed by atoms with van der Waals surface area (Å²) in [5.41, 5.74) is 1.20. The van der Waals surface area contributed by atoms with E-state index < -0.39 is 0 Å². The van der Waals surface area contributed by atoms with Gasteiger partial charge in [0, 0.05) is 29.7 Å². The number of hydrogen-bond donors (Lipinski definition) is 1. The molecule has 2 aromatic rings. The summed E-state index contributed by atoms with van der Waals surface area (Å²) < 4.78 is 6.16. The van der Waals surface area contributed by atoms with E-state index in [1.54, 1.807) is 18.4 Å². The van der Waals surface area contributed by atoms with Crippen LogP contribution in [-0.4, -0.2) is 25.2 Å². The third-order valence-electron chi connectivity index (χ3n) is 2.54. The number of methoxy groups -OCH3 is 1. The molecule has 2 rings (SSSR count). The quantitative estimate of drug-likeness (QED) is 0.827. The number of ether oxygens (including phenoxy) is 1. The zero-order chi connectivity index (χ0) is 12.8. The van der Waals surface area contributed by atoms with E-state index in [0.29, 0.717) is 6.61 Å². The lowest BCUT2D eigenvalue weighted by molar-refractivity contribution is 0.197. The van der Waals surface area contributed by atoms with Crippen molar-refractivity contribution in [1.82, 2.24) is 10.3 Å². The number of benzene rings is 1. The lowest BCUT2D eigenvalue weighted by atomic mass is 10.1. The summed E-state index contributed by atoms with van der Waals surface area (Å²) in [5, 5.41) is 6.54. The third kappa shape index (κ3) is 3.62. The molecule has 0 bridgehead atoms. The standard InChI is InChI=1S/C13H15BrN2OS/c1-17-7-5-15-12(13-16-6-8-18-13)10-3-2-4-11(14)9-10/h2-4,6,8-9,12,15H,5,7H2,1H3. The Morgan fingerprint density at radius 1 is 1.50 bits per heavy atom. The molecule has 1 heterocycles. The molecule has 96 valence electrons. The molecule has 0 aliphatic rings. The van der Waals surface area contributed by atoms with Crippen molar-refractivity contribution in [3.8, 4) is 0 Å². The van der Waals surface area contributed by atoms with E-state index in [1.807, 2.05) is 23.7 Å². The average molecular weight is 327 g/mol. The van der Waals surface area contributed by atoms with Gasteiger partial charge in [0.2, 0.25) is 0 Å². The fourth-order valence-corrected chi connectivity index (χ4v) is 2.87. The second-order valence-electron chi connectivity index (χ2n) is 3.81. The number of aromatic nitrogens is 1. The molecule has 1 aromatic carbocycles. The second-order valence-corrected chi connectivity index (χ2v) is 5.65. The van der Waals surface area contributed by atoms with Crippen molar-refractivity contribution < 1.29 is 4.74 Å². The minimum Gasteiger partial charge on any atom is -0.383 e. The van der Waals surface area contributed by atoms with Crippen molar-refractivity contribution >= 4 is 27.3 Å². The van der Waals surface area contributed by atoms with Crippen LogP contribution in [-0.2, 0) is 4.74 Å². The van der Waals surface area contributed by atoms with Gasteiger partial charge in [-0.3, -0.25) is 0 Å². The smallest absolute Gasteiger partial charge is 0.114 e. The Balaban J connectivity index is 2.19. The summed E-state index contributed by atoms with van der Waals surface area (Å²) in [4.78, 5) is 4.40. The Morgan fingerprint density at radius 2 is 2.39 bits per heavy atom. The molecular formula is C13H15BrN2OS. The molecule has 3 nitrogen and oxygen atoms in total. The molecule has 0 spiro atoms. The maximum absolute atomic E-state index is 5.08. The van der Waals surface area contributed by atoms with Crippen LogP contribution in [0, 0.1) is 0 Å². The lowest BCUT2D eigenvalue weighted by Gasteiger charge is -2.17. The Morgan fingerprint density at radius 3 is 3.06 bits per heavy atom. The number of hydrogen-bond acceptors (Lipinski definition) is 4. The summed E-state index contributed by atoms with van der Waals surface area (Å²) in [6.45, 7) is 1.49. The summed E-state index contributed by atoms with van der Waals surface area (Å²) in [5.74, 6) is 0. The maximum atomic E-state index is 5.08. The van der Waals surface area contributed by atoms with E-state index in [2.05, 4.69) is 38.4 Å². The molecule has 0 radical (unpaired) electrons. The van der Waals surface area contributed by atoms with Gasteiger partial charge in [-0.25, -0.2) is 4.98 Å². The molecule has 0 aliphatic heterocycles. The van der Waals surface area contributed by atoms with Gasteiger partial charge in [-0.2, -0.15) is 0 Å². The summed E-state index contributed by atoms with van der Waals surface area (Å²) in [6.07, 6.45) is 1.84. The zero-order valence-electron chi connectivity index (χ0n) is 10.1. The van der Waals surface area contributed by atoms with Crippen LogP contribution in [0.25, 0.3) is 0 Å². The van der Waals surface area contributed by atoms with Gasteiger partial charge in [-0.1, -0.05) is 28.1 Å². The molecule has 5 heteroatoms. The van der Waals surface area contributed by atoms with Crippen LogP contribution in [0.3, 0.4) is 0 Å². The fourth-order valence-electron chi connectivity index (χ4n) is 1.72. The van der Waals surface area contributed by atoms with Gasteiger partial charge < -0.3 is 10.1 Å². The van der Waals surface area contributed by atoms with Crippen molar-refractivity contribution in [2.45, 2.75) is 6.04 Å². The second kappa shape index (κ2) is 6.99. The minimum atomic E-state index is 0.123. The van der Waals surface area contributed by atoms with E-state index in [-0.39, 0.29) is 6.04 Å².